The van der Waals surface area contributed by atoms with Crippen molar-refractivity contribution in [2.45, 2.75) is 33.4 Å². The zero-order chi connectivity index (χ0) is 26.2. The van der Waals surface area contributed by atoms with Crippen molar-refractivity contribution in [1.29, 1.82) is 0 Å². The molecular weight excluding hydrogens is 472 g/mol. The van der Waals surface area contributed by atoms with Crippen LogP contribution < -0.4 is 14.8 Å². The molecule has 0 aliphatic rings. The molecule has 0 saturated heterocycles. The Labute approximate surface area is 224 Å². The van der Waals surface area contributed by atoms with Crippen molar-refractivity contribution < 1.29 is 13.9 Å². The van der Waals surface area contributed by atoms with Gasteiger partial charge in [0.25, 0.3) is 0 Å². The Hall–Kier alpha value is -4.35. The van der Waals surface area contributed by atoms with Gasteiger partial charge in [-0.05, 0) is 79.1 Å². The number of hydrogen-bond donors (Lipinski definition) is 1. The third kappa shape index (κ3) is 6.90. The lowest BCUT2D eigenvalue weighted by Crippen LogP contribution is -2.12. The second-order valence-electron chi connectivity index (χ2n) is 9.30. The van der Waals surface area contributed by atoms with Crippen molar-refractivity contribution in [3.8, 4) is 28.7 Å². The molecule has 192 valence electrons. The van der Waals surface area contributed by atoms with Crippen molar-refractivity contribution in [3.05, 3.63) is 131 Å². The topological polar surface area (TPSA) is 56.5 Å². The van der Waals surface area contributed by atoms with Gasteiger partial charge in [-0.3, -0.25) is 0 Å². The van der Waals surface area contributed by atoms with E-state index in [4.69, 9.17) is 13.9 Å². The molecule has 1 N–H and O–H groups in total. The van der Waals surface area contributed by atoms with Gasteiger partial charge < -0.3 is 19.2 Å². The van der Waals surface area contributed by atoms with Crippen molar-refractivity contribution >= 4 is 0 Å². The Morgan fingerprint density at radius 1 is 0.711 bits per heavy atom. The lowest BCUT2D eigenvalue weighted by molar-refractivity contribution is 0.320. The molecule has 5 nitrogen and oxygen atoms in total. The average molecular weight is 505 g/mol. The van der Waals surface area contributed by atoms with Crippen LogP contribution in [0.4, 0.5) is 0 Å². The lowest BCUT2D eigenvalue weighted by Gasteiger charge is -2.09. The molecule has 0 aliphatic carbocycles. The largest absolute Gasteiger partial charge is 0.493 e. The van der Waals surface area contributed by atoms with E-state index in [1.807, 2.05) is 79.7 Å². The maximum Gasteiger partial charge on any atom is 0.226 e. The first-order chi connectivity index (χ1) is 18.6. The minimum Gasteiger partial charge on any atom is -0.493 e. The van der Waals surface area contributed by atoms with Gasteiger partial charge >= 0.3 is 0 Å². The summed E-state index contributed by atoms with van der Waals surface area (Å²) in [5, 5.41) is 3.50. The first kappa shape index (κ1) is 25.3. The summed E-state index contributed by atoms with van der Waals surface area (Å²) in [6, 6.07) is 34.4. The van der Waals surface area contributed by atoms with E-state index in [2.05, 4.69) is 47.6 Å². The molecule has 1 heterocycles. The van der Waals surface area contributed by atoms with Crippen LogP contribution in [0.3, 0.4) is 0 Å². The summed E-state index contributed by atoms with van der Waals surface area (Å²) in [5.74, 6) is 4.03. The molecule has 38 heavy (non-hydrogen) atoms. The Morgan fingerprint density at radius 2 is 1.39 bits per heavy atom. The van der Waals surface area contributed by atoms with Gasteiger partial charge in [0.05, 0.1) is 12.3 Å². The van der Waals surface area contributed by atoms with Gasteiger partial charge in [0.2, 0.25) is 5.89 Å². The fourth-order valence-corrected chi connectivity index (χ4v) is 4.17. The highest BCUT2D eigenvalue weighted by Crippen LogP contribution is 2.23. The fraction of sp³-hybridized carbons (Fsp3) is 0.182. The summed E-state index contributed by atoms with van der Waals surface area (Å²) in [6.07, 6.45) is 0.695. The summed E-state index contributed by atoms with van der Waals surface area (Å²) in [4.78, 5) is 4.65. The van der Waals surface area contributed by atoms with Crippen molar-refractivity contribution in [2.24, 2.45) is 0 Å². The van der Waals surface area contributed by atoms with Gasteiger partial charge in [-0.1, -0.05) is 54.6 Å². The molecule has 0 atom stereocenters. The normalized spacial score (nSPS) is 10.9. The second-order valence-corrected chi connectivity index (χ2v) is 9.30. The smallest absolute Gasteiger partial charge is 0.226 e. The van der Waals surface area contributed by atoms with E-state index < -0.39 is 0 Å². The highest BCUT2D eigenvalue weighted by Gasteiger charge is 2.11. The Bertz CT molecular complexity index is 1440. The number of oxazole rings is 1. The number of nitrogens with one attached hydrogen (secondary N) is 1. The first-order valence-corrected chi connectivity index (χ1v) is 12.9. The minimum atomic E-state index is 0.544. The average Bonchev–Trinajstić information content (AvgIpc) is 3.31. The monoisotopic (exact) mass is 504 g/mol. The maximum atomic E-state index is 5.96. The Kier molecular flexibility index (Phi) is 8.16. The van der Waals surface area contributed by atoms with Crippen LogP contribution in [0.25, 0.3) is 11.5 Å². The molecular formula is C33H32N2O3. The van der Waals surface area contributed by atoms with E-state index in [1.54, 1.807) is 0 Å². The van der Waals surface area contributed by atoms with Gasteiger partial charge in [0.1, 0.15) is 23.0 Å². The quantitative estimate of drug-likeness (QED) is 0.200. The third-order valence-corrected chi connectivity index (χ3v) is 6.25. The van der Waals surface area contributed by atoms with Crippen LogP contribution in [0, 0.1) is 13.8 Å². The molecule has 0 unspecified atom stereocenters. The van der Waals surface area contributed by atoms with Crippen molar-refractivity contribution in [2.75, 3.05) is 6.61 Å². The number of nitrogens with zero attached hydrogens (tertiary/aromatic N) is 1. The van der Waals surface area contributed by atoms with Crippen molar-refractivity contribution in [1.82, 2.24) is 10.3 Å². The van der Waals surface area contributed by atoms with Crippen LogP contribution in [0.1, 0.15) is 28.1 Å². The lowest BCUT2D eigenvalue weighted by atomic mass is 10.2. The number of aryl methyl sites for hydroxylation is 2. The SMILES string of the molecule is Cc1cccc(Oc2ccc(CNCc3ccc(OCCc4nc(-c5ccccc5)oc4C)cc3)cc2)c1. The molecule has 0 spiro atoms. The Balaban J connectivity index is 1.04. The number of ether oxygens (including phenoxy) is 2. The number of rotatable bonds is 11. The summed E-state index contributed by atoms with van der Waals surface area (Å²) in [7, 11) is 0. The molecule has 5 rings (SSSR count). The van der Waals surface area contributed by atoms with Crippen LogP contribution in [0.15, 0.2) is 108 Å². The molecule has 0 fully saturated rings. The van der Waals surface area contributed by atoms with E-state index in [-0.39, 0.29) is 0 Å². The molecule has 0 aliphatic heterocycles. The van der Waals surface area contributed by atoms with E-state index in [0.717, 1.165) is 47.4 Å². The van der Waals surface area contributed by atoms with E-state index >= 15 is 0 Å². The molecule has 1 aromatic heterocycles. The van der Waals surface area contributed by atoms with Crippen LogP contribution in [0.2, 0.25) is 0 Å². The van der Waals surface area contributed by atoms with Gasteiger partial charge in [0.15, 0.2) is 0 Å². The number of aromatic nitrogens is 1. The number of hydrogen-bond acceptors (Lipinski definition) is 5. The maximum absolute atomic E-state index is 5.96. The van der Waals surface area contributed by atoms with Crippen LogP contribution in [0.5, 0.6) is 17.2 Å². The molecule has 0 amide bonds. The summed E-state index contributed by atoms with van der Waals surface area (Å²) in [6.45, 7) is 6.12. The molecule has 5 heteroatoms. The highest BCUT2D eigenvalue weighted by molar-refractivity contribution is 5.53. The fourth-order valence-electron chi connectivity index (χ4n) is 4.17. The second kappa shape index (κ2) is 12.3. The standard InChI is InChI=1S/C33H32N2O3/c1-24-7-6-10-31(21-24)38-30-17-13-27(14-18-30)23-34-22-26-11-15-29(16-12-26)36-20-19-32-25(2)37-33(35-32)28-8-4-3-5-9-28/h3-18,21,34H,19-20,22-23H2,1-2H3. The van der Waals surface area contributed by atoms with Crippen LogP contribution >= 0.6 is 0 Å². The van der Waals surface area contributed by atoms with E-state index in [0.29, 0.717) is 18.9 Å². The van der Waals surface area contributed by atoms with Crippen molar-refractivity contribution in [3.63, 3.8) is 0 Å². The minimum absolute atomic E-state index is 0.544. The summed E-state index contributed by atoms with van der Waals surface area (Å²) >= 11 is 0. The summed E-state index contributed by atoms with van der Waals surface area (Å²) in [5.41, 5.74) is 5.51. The van der Waals surface area contributed by atoms with Crippen LogP contribution in [-0.2, 0) is 19.5 Å². The summed E-state index contributed by atoms with van der Waals surface area (Å²) < 4.78 is 17.7. The van der Waals surface area contributed by atoms with Crippen LogP contribution in [-0.4, -0.2) is 11.6 Å². The van der Waals surface area contributed by atoms with E-state index in [9.17, 15) is 0 Å². The Morgan fingerprint density at radius 3 is 2.08 bits per heavy atom. The molecule has 0 saturated carbocycles. The molecule has 0 bridgehead atoms. The van der Waals surface area contributed by atoms with Gasteiger partial charge in [-0.2, -0.15) is 0 Å². The molecule has 0 radical (unpaired) electrons. The van der Waals surface area contributed by atoms with Gasteiger partial charge in [-0.15, -0.1) is 0 Å². The number of benzene rings is 4. The predicted octanol–water partition coefficient (Wildman–Crippen LogP) is 7.66. The molecule has 4 aromatic carbocycles. The van der Waals surface area contributed by atoms with Gasteiger partial charge in [0, 0.05) is 25.1 Å². The highest BCUT2D eigenvalue weighted by atomic mass is 16.5. The zero-order valence-electron chi connectivity index (χ0n) is 21.8. The first-order valence-electron chi connectivity index (χ1n) is 12.9. The molecule has 5 aromatic rings. The zero-order valence-corrected chi connectivity index (χ0v) is 21.8. The third-order valence-electron chi connectivity index (χ3n) is 6.25. The van der Waals surface area contributed by atoms with E-state index in [1.165, 1.54) is 16.7 Å². The van der Waals surface area contributed by atoms with Gasteiger partial charge in [-0.25, -0.2) is 4.98 Å². The predicted molar refractivity (Wildman–Crippen MR) is 151 cm³/mol.